The Morgan fingerprint density at radius 3 is 2.48 bits per heavy atom. The summed E-state index contributed by atoms with van der Waals surface area (Å²) in [6.45, 7) is 8.33. The van der Waals surface area contributed by atoms with Crippen molar-refractivity contribution in [2.75, 3.05) is 11.9 Å². The van der Waals surface area contributed by atoms with Crippen molar-refractivity contribution in [2.45, 2.75) is 12.8 Å². The third-order valence-corrected chi connectivity index (χ3v) is 4.69. The molecule has 0 aliphatic carbocycles. The maximum Gasteiger partial charge on any atom is 0.203 e. The van der Waals surface area contributed by atoms with Crippen molar-refractivity contribution in [2.24, 2.45) is 7.05 Å². The van der Waals surface area contributed by atoms with E-state index < -0.39 is 0 Å². The predicted molar refractivity (Wildman–Crippen MR) is 118 cm³/mol. The molecular formula is C24H25FN4. The van der Waals surface area contributed by atoms with Gasteiger partial charge in [0.15, 0.2) is 0 Å². The minimum atomic E-state index is -0.259. The summed E-state index contributed by atoms with van der Waals surface area (Å²) in [5.74, 6) is 0.509. The third-order valence-electron chi connectivity index (χ3n) is 4.69. The van der Waals surface area contributed by atoms with Gasteiger partial charge in [0.05, 0.1) is 11.4 Å². The molecule has 3 aromatic rings. The number of hydrogen-bond donors (Lipinski definition) is 1. The fourth-order valence-electron chi connectivity index (χ4n) is 3.20. The molecule has 0 fully saturated rings. The van der Waals surface area contributed by atoms with E-state index in [4.69, 9.17) is 4.98 Å². The number of nitrogens with zero attached hydrogens (tertiary/aromatic N) is 3. The highest BCUT2D eigenvalue weighted by Crippen LogP contribution is 2.33. The average molecular weight is 388 g/mol. The predicted octanol–water partition coefficient (Wildman–Crippen LogP) is 5.78. The zero-order valence-electron chi connectivity index (χ0n) is 16.6. The lowest BCUT2D eigenvalue weighted by molar-refractivity contribution is 0.628. The molecule has 1 N–H and O–H groups in total. The standard InChI is InChI=1S/C24H25FN4/c1-4-7-18(5-2)8-6-15-27-24-28-22(19-13-16-26-17-14-19)23(29(24)3)20-9-11-21(25)12-10-20/h4-5,7,9-14,16-17H,1-2,6,8,15H2,3H3,(H,27,28)/b18-7+. The van der Waals surface area contributed by atoms with E-state index >= 15 is 0 Å². The Balaban J connectivity index is 1.87. The number of aromatic nitrogens is 3. The number of imidazole rings is 1. The van der Waals surface area contributed by atoms with Gasteiger partial charge in [-0.25, -0.2) is 9.37 Å². The van der Waals surface area contributed by atoms with E-state index in [0.29, 0.717) is 0 Å². The first-order valence-corrected chi connectivity index (χ1v) is 9.55. The molecule has 1 aromatic carbocycles. The second-order valence-corrected chi connectivity index (χ2v) is 6.65. The molecule has 4 nitrogen and oxygen atoms in total. The number of halogens is 1. The van der Waals surface area contributed by atoms with E-state index in [9.17, 15) is 4.39 Å². The van der Waals surface area contributed by atoms with Crippen LogP contribution in [0.3, 0.4) is 0 Å². The maximum absolute atomic E-state index is 13.4. The first-order valence-electron chi connectivity index (χ1n) is 9.55. The minimum Gasteiger partial charge on any atom is -0.356 e. The second kappa shape index (κ2) is 9.64. The lowest BCUT2D eigenvalue weighted by atomic mass is 10.1. The number of benzene rings is 1. The topological polar surface area (TPSA) is 42.7 Å². The van der Waals surface area contributed by atoms with Crippen molar-refractivity contribution < 1.29 is 4.39 Å². The number of pyridine rings is 1. The van der Waals surface area contributed by atoms with Gasteiger partial charge in [-0.15, -0.1) is 0 Å². The van der Waals surface area contributed by atoms with Gasteiger partial charge in [-0.3, -0.25) is 4.98 Å². The Hall–Kier alpha value is -3.47. The van der Waals surface area contributed by atoms with Crippen LogP contribution in [0, 0.1) is 5.82 Å². The Kier molecular flexibility index (Phi) is 6.74. The second-order valence-electron chi connectivity index (χ2n) is 6.65. The number of nitrogens with one attached hydrogen (secondary N) is 1. The Morgan fingerprint density at radius 1 is 1.10 bits per heavy atom. The first-order chi connectivity index (χ1) is 14.1. The molecule has 0 saturated heterocycles. The van der Waals surface area contributed by atoms with Crippen LogP contribution in [0.1, 0.15) is 12.8 Å². The Bertz CT molecular complexity index is 1000. The lowest BCUT2D eigenvalue weighted by Crippen LogP contribution is -2.07. The van der Waals surface area contributed by atoms with Crippen LogP contribution >= 0.6 is 0 Å². The molecule has 29 heavy (non-hydrogen) atoms. The van der Waals surface area contributed by atoms with Crippen LogP contribution in [0.5, 0.6) is 0 Å². The molecule has 2 aromatic heterocycles. The van der Waals surface area contributed by atoms with Gasteiger partial charge in [0, 0.05) is 37.1 Å². The molecule has 0 unspecified atom stereocenters. The number of rotatable bonds is 9. The molecule has 2 heterocycles. The average Bonchev–Trinajstić information content (AvgIpc) is 3.08. The van der Waals surface area contributed by atoms with Crippen LogP contribution < -0.4 is 5.32 Å². The normalized spacial score (nSPS) is 11.3. The molecule has 0 aliphatic rings. The van der Waals surface area contributed by atoms with Crippen LogP contribution in [-0.2, 0) is 7.05 Å². The molecule has 0 spiro atoms. The highest BCUT2D eigenvalue weighted by Gasteiger charge is 2.17. The number of anilines is 1. The van der Waals surface area contributed by atoms with Gasteiger partial charge in [-0.1, -0.05) is 31.4 Å². The molecule has 0 bridgehead atoms. The third kappa shape index (κ3) is 4.88. The molecule has 0 amide bonds. The van der Waals surface area contributed by atoms with Crippen molar-refractivity contribution in [1.82, 2.24) is 14.5 Å². The molecule has 0 atom stereocenters. The molecule has 3 rings (SSSR count). The van der Waals surface area contributed by atoms with Crippen molar-refractivity contribution in [1.29, 1.82) is 0 Å². The highest BCUT2D eigenvalue weighted by molar-refractivity contribution is 5.80. The zero-order valence-corrected chi connectivity index (χ0v) is 16.6. The van der Waals surface area contributed by atoms with Crippen LogP contribution in [0.4, 0.5) is 10.3 Å². The molecule has 5 heteroatoms. The van der Waals surface area contributed by atoms with E-state index in [0.717, 1.165) is 53.4 Å². The summed E-state index contributed by atoms with van der Waals surface area (Å²) in [5, 5.41) is 3.42. The zero-order chi connectivity index (χ0) is 20.6. The van der Waals surface area contributed by atoms with Gasteiger partial charge in [-0.05, 0) is 54.8 Å². The summed E-state index contributed by atoms with van der Waals surface area (Å²) >= 11 is 0. The monoisotopic (exact) mass is 388 g/mol. The fraction of sp³-hybridized carbons (Fsp3) is 0.167. The van der Waals surface area contributed by atoms with Gasteiger partial charge >= 0.3 is 0 Å². The number of hydrogen-bond acceptors (Lipinski definition) is 3. The maximum atomic E-state index is 13.4. The summed E-state index contributed by atoms with van der Waals surface area (Å²) in [6, 6.07) is 10.3. The summed E-state index contributed by atoms with van der Waals surface area (Å²) in [4.78, 5) is 8.93. The first kappa shape index (κ1) is 20.3. The van der Waals surface area contributed by atoms with Gasteiger partial charge in [-0.2, -0.15) is 0 Å². The van der Waals surface area contributed by atoms with E-state index in [-0.39, 0.29) is 5.82 Å². The van der Waals surface area contributed by atoms with Crippen molar-refractivity contribution in [3.8, 4) is 22.5 Å². The van der Waals surface area contributed by atoms with E-state index in [2.05, 4.69) is 23.5 Å². The Labute approximate surface area is 171 Å². The Morgan fingerprint density at radius 2 is 1.83 bits per heavy atom. The SMILES string of the molecule is C=C/C=C(\C=C)CCCNc1nc(-c2ccncc2)c(-c2ccc(F)cc2)n1C. The van der Waals surface area contributed by atoms with E-state index in [1.54, 1.807) is 30.6 Å². The van der Waals surface area contributed by atoms with Crippen LogP contribution in [-0.4, -0.2) is 21.1 Å². The van der Waals surface area contributed by atoms with E-state index in [1.165, 1.54) is 12.1 Å². The largest absolute Gasteiger partial charge is 0.356 e. The van der Waals surface area contributed by atoms with Crippen LogP contribution in [0.25, 0.3) is 22.5 Å². The van der Waals surface area contributed by atoms with Gasteiger partial charge in [0.1, 0.15) is 5.82 Å². The van der Waals surface area contributed by atoms with Gasteiger partial charge in [0.25, 0.3) is 0 Å². The highest BCUT2D eigenvalue weighted by atomic mass is 19.1. The van der Waals surface area contributed by atoms with Crippen molar-refractivity contribution >= 4 is 5.95 Å². The molecule has 148 valence electrons. The van der Waals surface area contributed by atoms with Crippen molar-refractivity contribution in [3.63, 3.8) is 0 Å². The molecule has 0 aliphatic heterocycles. The molecule has 0 radical (unpaired) electrons. The smallest absolute Gasteiger partial charge is 0.203 e. The summed E-state index contributed by atoms with van der Waals surface area (Å²) in [5.41, 5.74) is 4.79. The number of allylic oxidation sites excluding steroid dienone is 4. The summed E-state index contributed by atoms with van der Waals surface area (Å²) in [6.07, 6.45) is 10.9. The quantitative estimate of drug-likeness (QED) is 0.373. The van der Waals surface area contributed by atoms with Gasteiger partial charge in [0.2, 0.25) is 5.95 Å². The molecule has 0 saturated carbocycles. The summed E-state index contributed by atoms with van der Waals surface area (Å²) in [7, 11) is 1.96. The van der Waals surface area contributed by atoms with Crippen molar-refractivity contribution in [3.05, 3.63) is 91.6 Å². The van der Waals surface area contributed by atoms with Crippen LogP contribution in [0.2, 0.25) is 0 Å². The minimum absolute atomic E-state index is 0.259. The fourth-order valence-corrected chi connectivity index (χ4v) is 3.20. The van der Waals surface area contributed by atoms with E-state index in [1.807, 2.05) is 35.9 Å². The summed E-state index contributed by atoms with van der Waals surface area (Å²) < 4.78 is 15.4. The molecular weight excluding hydrogens is 363 g/mol. The van der Waals surface area contributed by atoms with Crippen LogP contribution in [0.15, 0.2) is 85.8 Å². The van der Waals surface area contributed by atoms with Gasteiger partial charge < -0.3 is 9.88 Å². The lowest BCUT2D eigenvalue weighted by Gasteiger charge is -2.09.